The van der Waals surface area contributed by atoms with Crippen LogP contribution >= 0.6 is 0 Å². The van der Waals surface area contributed by atoms with Gasteiger partial charge < -0.3 is 14.8 Å². The lowest BCUT2D eigenvalue weighted by atomic mass is 9.90. The highest BCUT2D eigenvalue weighted by Gasteiger charge is 2.25. The predicted molar refractivity (Wildman–Crippen MR) is 64.5 cm³/mol. The largest absolute Gasteiger partial charge is 0.493 e. The van der Waals surface area contributed by atoms with Crippen LogP contribution in [0.5, 0.6) is 11.5 Å². The lowest BCUT2D eigenvalue weighted by Crippen LogP contribution is -2.23. The molecular formula is C13H17NO3. The molecule has 0 bridgehead atoms. The Morgan fingerprint density at radius 2 is 2.41 bits per heavy atom. The number of methoxy groups -OCH3 is 1. The van der Waals surface area contributed by atoms with Crippen molar-refractivity contribution in [1.29, 1.82) is 0 Å². The lowest BCUT2D eigenvalue weighted by Gasteiger charge is -2.26. The van der Waals surface area contributed by atoms with Gasteiger partial charge in [0.05, 0.1) is 13.7 Å². The molecule has 1 heterocycles. The maximum Gasteiger partial charge on any atom is 0.220 e. The van der Waals surface area contributed by atoms with Gasteiger partial charge in [-0.1, -0.05) is 12.1 Å². The minimum atomic E-state index is 0.0608. The highest BCUT2D eigenvalue weighted by Crippen LogP contribution is 2.41. The second-order valence-corrected chi connectivity index (χ2v) is 4.09. The standard InChI is InChI=1S/C13H17NO3/c1-14-12(15)8-9-6-7-17-13-10(9)4-3-5-11(13)16-2/h3-5,9H,6-8H2,1-2H3,(H,14,15). The monoisotopic (exact) mass is 235 g/mol. The van der Waals surface area contributed by atoms with E-state index in [0.717, 1.165) is 23.5 Å². The number of benzene rings is 1. The van der Waals surface area contributed by atoms with Crippen LogP contribution in [-0.4, -0.2) is 26.7 Å². The van der Waals surface area contributed by atoms with Gasteiger partial charge in [-0.2, -0.15) is 0 Å². The molecule has 1 aromatic carbocycles. The van der Waals surface area contributed by atoms with Gasteiger partial charge >= 0.3 is 0 Å². The van der Waals surface area contributed by atoms with Crippen LogP contribution in [0.1, 0.15) is 24.3 Å². The Balaban J connectivity index is 2.28. The van der Waals surface area contributed by atoms with Gasteiger partial charge in [0.2, 0.25) is 5.91 Å². The number of rotatable bonds is 3. The molecular weight excluding hydrogens is 218 g/mol. The maximum atomic E-state index is 11.5. The number of carbonyl (C=O) groups is 1. The van der Waals surface area contributed by atoms with Crippen LogP contribution in [0.15, 0.2) is 18.2 Å². The second-order valence-electron chi connectivity index (χ2n) is 4.09. The summed E-state index contributed by atoms with van der Waals surface area (Å²) >= 11 is 0. The third-order valence-electron chi connectivity index (χ3n) is 3.09. The molecule has 17 heavy (non-hydrogen) atoms. The quantitative estimate of drug-likeness (QED) is 0.867. The van der Waals surface area contributed by atoms with E-state index in [2.05, 4.69) is 5.32 Å². The number of amides is 1. The normalized spacial score (nSPS) is 17.9. The molecule has 0 fully saturated rings. The molecule has 1 aliphatic heterocycles. The zero-order valence-corrected chi connectivity index (χ0v) is 10.2. The first-order valence-electron chi connectivity index (χ1n) is 5.76. The lowest BCUT2D eigenvalue weighted by molar-refractivity contribution is -0.121. The summed E-state index contributed by atoms with van der Waals surface area (Å²) in [5, 5.41) is 2.66. The van der Waals surface area contributed by atoms with E-state index < -0.39 is 0 Å². The molecule has 1 atom stereocenters. The minimum Gasteiger partial charge on any atom is -0.493 e. The van der Waals surface area contributed by atoms with E-state index in [1.165, 1.54) is 0 Å². The van der Waals surface area contributed by atoms with Crippen molar-refractivity contribution in [1.82, 2.24) is 5.32 Å². The van der Waals surface area contributed by atoms with Crippen LogP contribution in [0.4, 0.5) is 0 Å². The summed E-state index contributed by atoms with van der Waals surface area (Å²) in [4.78, 5) is 11.5. The van der Waals surface area contributed by atoms with Gasteiger partial charge in [0.25, 0.3) is 0 Å². The van der Waals surface area contributed by atoms with E-state index in [4.69, 9.17) is 9.47 Å². The van der Waals surface area contributed by atoms with Crippen molar-refractivity contribution in [3.05, 3.63) is 23.8 Å². The van der Waals surface area contributed by atoms with Crippen LogP contribution in [0.25, 0.3) is 0 Å². The smallest absolute Gasteiger partial charge is 0.220 e. The maximum absolute atomic E-state index is 11.5. The fourth-order valence-electron chi connectivity index (χ4n) is 2.17. The number of nitrogens with one attached hydrogen (secondary N) is 1. The van der Waals surface area contributed by atoms with Crippen LogP contribution in [-0.2, 0) is 4.79 Å². The number of para-hydroxylation sites is 1. The summed E-state index contributed by atoms with van der Waals surface area (Å²) in [6.07, 6.45) is 1.37. The Kier molecular flexibility index (Phi) is 3.52. The van der Waals surface area contributed by atoms with Crippen molar-refractivity contribution in [2.75, 3.05) is 20.8 Å². The molecule has 0 saturated heterocycles. The van der Waals surface area contributed by atoms with E-state index >= 15 is 0 Å². The Labute approximate surface area is 101 Å². The average molecular weight is 235 g/mol. The molecule has 0 saturated carbocycles. The van der Waals surface area contributed by atoms with Gasteiger partial charge in [0.1, 0.15) is 0 Å². The minimum absolute atomic E-state index is 0.0608. The summed E-state index contributed by atoms with van der Waals surface area (Å²) in [5.74, 6) is 1.80. The summed E-state index contributed by atoms with van der Waals surface area (Å²) < 4.78 is 10.9. The molecule has 0 radical (unpaired) electrons. The van der Waals surface area contributed by atoms with Crippen LogP contribution in [0.3, 0.4) is 0 Å². The summed E-state index contributed by atoms with van der Waals surface area (Å²) in [5.41, 5.74) is 1.07. The Hall–Kier alpha value is -1.71. The fraction of sp³-hybridized carbons (Fsp3) is 0.462. The Morgan fingerprint density at radius 1 is 1.59 bits per heavy atom. The summed E-state index contributed by atoms with van der Waals surface area (Å²) in [7, 11) is 3.29. The SMILES string of the molecule is CNC(=O)CC1CCOc2c(OC)cccc21. The average Bonchev–Trinajstić information content (AvgIpc) is 2.38. The fourth-order valence-corrected chi connectivity index (χ4v) is 2.17. The first-order valence-corrected chi connectivity index (χ1v) is 5.76. The molecule has 92 valence electrons. The summed E-state index contributed by atoms with van der Waals surface area (Å²) in [6.45, 7) is 0.634. The second kappa shape index (κ2) is 5.08. The molecule has 4 heteroatoms. The van der Waals surface area contributed by atoms with E-state index in [1.807, 2.05) is 18.2 Å². The zero-order chi connectivity index (χ0) is 12.3. The summed E-state index contributed by atoms with van der Waals surface area (Å²) in [6, 6.07) is 5.81. The topological polar surface area (TPSA) is 47.6 Å². The van der Waals surface area contributed by atoms with Crippen LogP contribution in [0, 0.1) is 0 Å². The van der Waals surface area contributed by atoms with Gasteiger partial charge in [-0.25, -0.2) is 0 Å². The van der Waals surface area contributed by atoms with Crippen LogP contribution in [0.2, 0.25) is 0 Å². The molecule has 1 aromatic rings. The van der Waals surface area contributed by atoms with Gasteiger partial charge in [-0.3, -0.25) is 4.79 Å². The molecule has 0 aliphatic carbocycles. The van der Waals surface area contributed by atoms with Gasteiger partial charge in [0, 0.05) is 19.0 Å². The van der Waals surface area contributed by atoms with Gasteiger partial charge in [-0.15, -0.1) is 0 Å². The van der Waals surface area contributed by atoms with E-state index in [0.29, 0.717) is 13.0 Å². The number of carbonyl (C=O) groups excluding carboxylic acids is 1. The Morgan fingerprint density at radius 3 is 3.12 bits per heavy atom. The highest BCUT2D eigenvalue weighted by atomic mass is 16.5. The molecule has 1 amide bonds. The van der Waals surface area contributed by atoms with Crippen molar-refractivity contribution < 1.29 is 14.3 Å². The molecule has 0 aromatic heterocycles. The Bertz CT molecular complexity index is 417. The molecule has 1 aliphatic rings. The first-order chi connectivity index (χ1) is 8.26. The van der Waals surface area contributed by atoms with E-state index in [-0.39, 0.29) is 11.8 Å². The zero-order valence-electron chi connectivity index (χ0n) is 10.2. The molecule has 0 spiro atoms. The number of hydrogen-bond donors (Lipinski definition) is 1. The van der Waals surface area contributed by atoms with Crippen molar-refractivity contribution in [3.63, 3.8) is 0 Å². The first kappa shape index (κ1) is 11.8. The number of hydrogen-bond acceptors (Lipinski definition) is 3. The third kappa shape index (κ3) is 2.35. The van der Waals surface area contributed by atoms with Crippen molar-refractivity contribution >= 4 is 5.91 Å². The van der Waals surface area contributed by atoms with E-state index in [9.17, 15) is 4.79 Å². The van der Waals surface area contributed by atoms with Gasteiger partial charge in [0.15, 0.2) is 11.5 Å². The highest BCUT2D eigenvalue weighted by molar-refractivity contribution is 5.76. The van der Waals surface area contributed by atoms with Crippen molar-refractivity contribution in [2.24, 2.45) is 0 Å². The van der Waals surface area contributed by atoms with Crippen molar-refractivity contribution in [3.8, 4) is 11.5 Å². The van der Waals surface area contributed by atoms with Crippen LogP contribution < -0.4 is 14.8 Å². The number of fused-ring (bicyclic) bond motifs is 1. The molecule has 1 N–H and O–H groups in total. The molecule has 2 rings (SSSR count). The van der Waals surface area contributed by atoms with Crippen molar-refractivity contribution in [2.45, 2.75) is 18.8 Å². The third-order valence-corrected chi connectivity index (χ3v) is 3.09. The van der Waals surface area contributed by atoms with Gasteiger partial charge in [-0.05, 0) is 18.4 Å². The molecule has 4 nitrogen and oxygen atoms in total. The predicted octanol–water partition coefficient (Wildman–Crippen LogP) is 1.70. The number of ether oxygens (including phenoxy) is 2. The molecule has 1 unspecified atom stereocenters. The van der Waals surface area contributed by atoms with E-state index in [1.54, 1.807) is 14.2 Å².